The second kappa shape index (κ2) is 11.1. The number of benzene rings is 2. The number of aldehydes is 1. The Morgan fingerprint density at radius 2 is 1.61 bits per heavy atom. The quantitative estimate of drug-likeness (QED) is 0.318. The molecule has 0 aromatic heterocycles. The van der Waals surface area contributed by atoms with Gasteiger partial charge in [-0.25, -0.2) is 0 Å². The van der Waals surface area contributed by atoms with Gasteiger partial charge in [-0.1, -0.05) is 50.2 Å². The average molecular weight is 421 g/mol. The minimum absolute atomic E-state index is 0.00437. The molecule has 2 rings (SSSR count). The molecule has 1 unspecified atom stereocenters. The molecule has 2 radical (unpaired) electrons. The van der Waals surface area contributed by atoms with Crippen molar-refractivity contribution in [2.75, 3.05) is 5.32 Å². The van der Waals surface area contributed by atoms with Crippen LogP contribution in [-0.4, -0.2) is 49.6 Å². The number of hydrogen-bond donors (Lipinski definition) is 3. The normalized spacial score (nSPS) is 12.6. The summed E-state index contributed by atoms with van der Waals surface area (Å²) in [4.78, 5) is 59.6. The summed E-state index contributed by atoms with van der Waals surface area (Å²) in [6, 6.07) is 10.4. The van der Waals surface area contributed by atoms with Crippen LogP contribution >= 0.6 is 0 Å². The van der Waals surface area contributed by atoms with Gasteiger partial charge in [0.05, 0.1) is 11.7 Å². The molecule has 160 valence electrons. The molecular formula is C22H24BN3O5. The smallest absolute Gasteiger partial charge is 0.313 e. The van der Waals surface area contributed by atoms with Gasteiger partial charge >= 0.3 is 11.8 Å². The van der Waals surface area contributed by atoms with Crippen molar-refractivity contribution in [2.24, 2.45) is 5.92 Å². The second-order valence-electron chi connectivity index (χ2n) is 7.50. The monoisotopic (exact) mass is 421 g/mol. The Labute approximate surface area is 181 Å². The summed E-state index contributed by atoms with van der Waals surface area (Å²) in [5.74, 6) is -2.64. The zero-order chi connectivity index (χ0) is 23.0. The molecule has 0 saturated heterocycles. The van der Waals surface area contributed by atoms with E-state index in [9.17, 15) is 24.0 Å². The van der Waals surface area contributed by atoms with Gasteiger partial charge in [-0.15, -0.1) is 0 Å². The summed E-state index contributed by atoms with van der Waals surface area (Å²) >= 11 is 0. The highest BCUT2D eigenvalue weighted by atomic mass is 16.2. The Bertz CT molecular complexity index is 987. The zero-order valence-electron chi connectivity index (χ0n) is 17.4. The number of nitrogens with one attached hydrogen (secondary N) is 3. The SMILES string of the molecule is [B]C(=O)[C@H](CC=O)NC(=O)C(CC(C)C)NC(=O)C(=O)Nc1cccc2ccccc12. The molecule has 3 amide bonds. The van der Waals surface area contributed by atoms with Crippen molar-refractivity contribution < 1.29 is 24.0 Å². The average Bonchev–Trinajstić information content (AvgIpc) is 2.72. The fraction of sp³-hybridized carbons (Fsp3) is 0.318. The molecule has 0 saturated carbocycles. The van der Waals surface area contributed by atoms with Gasteiger partial charge in [-0.2, -0.15) is 0 Å². The first kappa shape index (κ1) is 23.8. The molecule has 0 heterocycles. The van der Waals surface area contributed by atoms with Crippen molar-refractivity contribution in [1.29, 1.82) is 0 Å². The fourth-order valence-corrected chi connectivity index (χ4v) is 3.05. The summed E-state index contributed by atoms with van der Waals surface area (Å²) in [6.07, 6.45) is 0.389. The van der Waals surface area contributed by atoms with E-state index in [4.69, 9.17) is 7.85 Å². The molecule has 0 aliphatic carbocycles. The van der Waals surface area contributed by atoms with Crippen LogP contribution in [-0.2, 0) is 24.0 Å². The molecule has 2 aromatic carbocycles. The third-order valence-corrected chi connectivity index (χ3v) is 4.56. The third kappa shape index (κ3) is 6.77. The second-order valence-corrected chi connectivity index (χ2v) is 7.50. The molecule has 0 fully saturated rings. The first-order valence-electron chi connectivity index (χ1n) is 9.85. The van der Waals surface area contributed by atoms with Gasteiger partial charge in [0.15, 0.2) is 7.85 Å². The van der Waals surface area contributed by atoms with Crippen LogP contribution in [0.2, 0.25) is 0 Å². The largest absolute Gasteiger partial charge is 0.345 e. The lowest BCUT2D eigenvalue weighted by molar-refractivity contribution is -0.138. The van der Waals surface area contributed by atoms with Gasteiger partial charge < -0.3 is 25.5 Å². The Morgan fingerprint density at radius 3 is 2.26 bits per heavy atom. The lowest BCUT2D eigenvalue weighted by atomic mass is 9.92. The van der Waals surface area contributed by atoms with E-state index in [1.165, 1.54) is 0 Å². The Kier molecular flexibility index (Phi) is 8.48. The molecule has 31 heavy (non-hydrogen) atoms. The van der Waals surface area contributed by atoms with Crippen LogP contribution in [0, 0.1) is 5.92 Å². The Hall–Kier alpha value is -3.49. The number of rotatable bonds is 9. The van der Waals surface area contributed by atoms with Crippen molar-refractivity contribution in [1.82, 2.24) is 10.6 Å². The van der Waals surface area contributed by atoms with Crippen LogP contribution in [0.5, 0.6) is 0 Å². The summed E-state index contributed by atoms with van der Waals surface area (Å²) in [5.41, 5.74) is -0.411. The summed E-state index contributed by atoms with van der Waals surface area (Å²) < 4.78 is 0. The van der Waals surface area contributed by atoms with E-state index in [1.54, 1.807) is 12.1 Å². The van der Waals surface area contributed by atoms with Crippen LogP contribution in [0.1, 0.15) is 26.7 Å². The van der Waals surface area contributed by atoms with Crippen LogP contribution in [0.15, 0.2) is 42.5 Å². The van der Waals surface area contributed by atoms with Crippen molar-refractivity contribution >= 4 is 54.0 Å². The fourth-order valence-electron chi connectivity index (χ4n) is 3.05. The Morgan fingerprint density at radius 1 is 0.935 bits per heavy atom. The first-order valence-corrected chi connectivity index (χ1v) is 9.85. The van der Waals surface area contributed by atoms with Gasteiger partial charge in [-0.3, -0.25) is 14.4 Å². The number of carbonyl (C=O) groups is 5. The number of carbonyl (C=O) groups excluding carboxylic acids is 5. The van der Waals surface area contributed by atoms with Gasteiger partial charge in [0.25, 0.3) is 0 Å². The lowest BCUT2D eigenvalue weighted by Gasteiger charge is -2.22. The minimum Gasteiger partial charge on any atom is -0.345 e. The highest BCUT2D eigenvalue weighted by molar-refractivity contribution is 6.59. The minimum atomic E-state index is -1.19. The van der Waals surface area contributed by atoms with Crippen molar-refractivity contribution in [3.05, 3.63) is 42.5 Å². The van der Waals surface area contributed by atoms with Gasteiger partial charge in [0, 0.05) is 17.5 Å². The summed E-state index contributed by atoms with van der Waals surface area (Å²) in [7, 11) is 5.19. The number of anilines is 1. The molecule has 2 aromatic rings. The number of hydrogen-bond acceptors (Lipinski definition) is 5. The van der Waals surface area contributed by atoms with Crippen molar-refractivity contribution in [3.63, 3.8) is 0 Å². The van der Waals surface area contributed by atoms with Crippen LogP contribution in [0.3, 0.4) is 0 Å². The van der Waals surface area contributed by atoms with Gasteiger partial charge in [0.1, 0.15) is 12.3 Å². The zero-order valence-corrected chi connectivity index (χ0v) is 17.4. The molecule has 2 atom stereocenters. The maximum Gasteiger partial charge on any atom is 0.313 e. The molecule has 9 heteroatoms. The van der Waals surface area contributed by atoms with E-state index in [0.29, 0.717) is 12.0 Å². The molecule has 0 spiro atoms. The third-order valence-electron chi connectivity index (χ3n) is 4.56. The number of fused-ring (bicyclic) bond motifs is 1. The van der Waals surface area contributed by atoms with Gasteiger partial charge in [-0.05, 0) is 23.8 Å². The molecule has 3 N–H and O–H groups in total. The van der Waals surface area contributed by atoms with Crippen molar-refractivity contribution in [2.45, 2.75) is 38.8 Å². The summed E-state index contributed by atoms with van der Waals surface area (Å²) in [5, 5.41) is 8.97. The van der Waals surface area contributed by atoms with Gasteiger partial charge in [0.2, 0.25) is 5.91 Å². The molecule has 8 nitrogen and oxygen atoms in total. The molecule has 0 aliphatic rings. The maximum absolute atomic E-state index is 12.6. The van der Waals surface area contributed by atoms with E-state index in [2.05, 4.69) is 16.0 Å². The van der Waals surface area contributed by atoms with Crippen LogP contribution < -0.4 is 16.0 Å². The highest BCUT2D eigenvalue weighted by Gasteiger charge is 2.27. The van der Waals surface area contributed by atoms with Crippen molar-refractivity contribution in [3.8, 4) is 0 Å². The lowest BCUT2D eigenvalue weighted by Crippen LogP contribution is -2.53. The number of amides is 3. The summed E-state index contributed by atoms with van der Waals surface area (Å²) in [6.45, 7) is 3.67. The van der Waals surface area contributed by atoms with Crippen LogP contribution in [0.25, 0.3) is 10.8 Å². The predicted molar refractivity (Wildman–Crippen MR) is 117 cm³/mol. The van der Waals surface area contributed by atoms with E-state index < -0.39 is 35.5 Å². The van der Waals surface area contributed by atoms with E-state index in [1.807, 2.05) is 44.2 Å². The van der Waals surface area contributed by atoms with E-state index in [-0.39, 0.29) is 18.8 Å². The van der Waals surface area contributed by atoms with Crippen LogP contribution in [0.4, 0.5) is 5.69 Å². The highest BCUT2D eigenvalue weighted by Crippen LogP contribution is 2.22. The standard InChI is InChI=1S/C22H24BN3O5/c1-13(2)12-18(20(29)25-17(10-11-27)19(23)28)26-22(31)21(30)24-16-9-5-7-14-6-3-4-8-15(14)16/h3-9,11,13,17-18H,10,12H2,1-2H3,(H,24,30)(H,25,29)(H,26,31)/t17-,18?/m0/s1. The van der Waals surface area contributed by atoms with E-state index in [0.717, 1.165) is 10.8 Å². The molecular weight excluding hydrogens is 397 g/mol. The van der Waals surface area contributed by atoms with E-state index >= 15 is 0 Å². The topological polar surface area (TPSA) is 121 Å². The predicted octanol–water partition coefficient (Wildman–Crippen LogP) is 1.08. The molecule has 0 bridgehead atoms. The first-order chi connectivity index (χ1) is 14.7. The maximum atomic E-state index is 12.6. The Balaban J connectivity index is 2.11. The molecule has 0 aliphatic heterocycles.